The van der Waals surface area contributed by atoms with Gasteiger partial charge in [-0.2, -0.15) is 0 Å². The Morgan fingerprint density at radius 3 is 1.33 bits per heavy atom. The lowest BCUT2D eigenvalue weighted by atomic mass is 10.0. The zero-order chi connectivity index (χ0) is 24.2. The standard InChI is InChI=1S/C30H57O3/c1-3-5-7-9-11-13-14-15-16-18-20-22-24-26-30(32)33-29(27-28-31)25-23-21-19-17-12-10-8-6-4-2/h29H,3-27H2,1-2H3/t29-/m1/s1. The van der Waals surface area contributed by atoms with Gasteiger partial charge in [-0.1, -0.05) is 142 Å². The van der Waals surface area contributed by atoms with Gasteiger partial charge < -0.3 is 4.74 Å². The minimum atomic E-state index is -0.262. The molecule has 0 amide bonds. The van der Waals surface area contributed by atoms with E-state index in [1.165, 1.54) is 122 Å². The third-order valence-corrected chi connectivity index (χ3v) is 6.72. The lowest BCUT2D eigenvalue weighted by molar-refractivity contribution is -0.149. The average molecular weight is 466 g/mol. The minimum absolute atomic E-state index is 0.130. The van der Waals surface area contributed by atoms with Gasteiger partial charge in [0.15, 0.2) is 0 Å². The molecule has 0 unspecified atom stereocenters. The maximum Gasteiger partial charge on any atom is 0.306 e. The van der Waals surface area contributed by atoms with E-state index in [1.807, 2.05) is 6.29 Å². The van der Waals surface area contributed by atoms with Gasteiger partial charge in [0.25, 0.3) is 0 Å². The van der Waals surface area contributed by atoms with Crippen molar-refractivity contribution in [1.29, 1.82) is 0 Å². The van der Waals surface area contributed by atoms with E-state index in [0.717, 1.165) is 25.7 Å². The lowest BCUT2D eigenvalue weighted by Gasteiger charge is -2.15. The molecule has 0 saturated heterocycles. The predicted octanol–water partition coefficient (Wildman–Crippen LogP) is 9.80. The molecular formula is C30H57O3. The van der Waals surface area contributed by atoms with Crippen molar-refractivity contribution in [3.05, 3.63) is 0 Å². The molecule has 195 valence electrons. The van der Waals surface area contributed by atoms with Crippen LogP contribution in [0.25, 0.3) is 0 Å². The van der Waals surface area contributed by atoms with E-state index in [1.54, 1.807) is 0 Å². The van der Waals surface area contributed by atoms with Crippen molar-refractivity contribution >= 4 is 12.3 Å². The highest BCUT2D eigenvalue weighted by molar-refractivity contribution is 5.69. The van der Waals surface area contributed by atoms with Crippen molar-refractivity contribution in [2.75, 3.05) is 0 Å². The van der Waals surface area contributed by atoms with E-state index in [9.17, 15) is 9.59 Å². The summed E-state index contributed by atoms with van der Waals surface area (Å²) in [5.74, 6) is -0.130. The molecule has 0 N–H and O–H groups in total. The maximum atomic E-state index is 12.1. The summed E-state index contributed by atoms with van der Waals surface area (Å²) in [5.41, 5.74) is 0. The highest BCUT2D eigenvalue weighted by atomic mass is 16.5. The van der Waals surface area contributed by atoms with Crippen molar-refractivity contribution in [2.24, 2.45) is 0 Å². The molecule has 0 aromatic heterocycles. The molecule has 3 nitrogen and oxygen atoms in total. The van der Waals surface area contributed by atoms with Crippen LogP contribution in [0.3, 0.4) is 0 Å². The molecule has 0 saturated carbocycles. The fourth-order valence-electron chi connectivity index (χ4n) is 4.51. The first-order valence-corrected chi connectivity index (χ1v) is 14.8. The number of carbonyl (C=O) groups is 1. The van der Waals surface area contributed by atoms with Crippen LogP contribution < -0.4 is 0 Å². The van der Waals surface area contributed by atoms with Gasteiger partial charge in [0.2, 0.25) is 6.29 Å². The number of esters is 1. The fourth-order valence-corrected chi connectivity index (χ4v) is 4.51. The molecule has 0 aromatic rings. The molecule has 0 rings (SSSR count). The number of carbonyl (C=O) groups excluding carboxylic acids is 2. The van der Waals surface area contributed by atoms with Gasteiger partial charge in [0.05, 0.1) is 6.42 Å². The van der Waals surface area contributed by atoms with E-state index in [2.05, 4.69) is 13.8 Å². The van der Waals surface area contributed by atoms with Gasteiger partial charge in [-0.05, 0) is 19.3 Å². The van der Waals surface area contributed by atoms with Crippen molar-refractivity contribution < 1.29 is 14.3 Å². The van der Waals surface area contributed by atoms with Gasteiger partial charge in [-0.25, -0.2) is 0 Å². The second-order valence-electron chi connectivity index (χ2n) is 10.1. The van der Waals surface area contributed by atoms with Crippen LogP contribution in [0.2, 0.25) is 0 Å². The first kappa shape index (κ1) is 32.1. The van der Waals surface area contributed by atoms with Crippen LogP contribution in [0.4, 0.5) is 0 Å². The number of rotatable bonds is 27. The van der Waals surface area contributed by atoms with Gasteiger partial charge in [0, 0.05) is 6.42 Å². The van der Waals surface area contributed by atoms with E-state index >= 15 is 0 Å². The zero-order valence-electron chi connectivity index (χ0n) is 22.5. The molecular weight excluding hydrogens is 408 g/mol. The van der Waals surface area contributed by atoms with Gasteiger partial charge in [-0.15, -0.1) is 0 Å². The smallest absolute Gasteiger partial charge is 0.306 e. The highest BCUT2D eigenvalue weighted by Gasteiger charge is 2.14. The van der Waals surface area contributed by atoms with Crippen LogP contribution in [-0.4, -0.2) is 18.4 Å². The van der Waals surface area contributed by atoms with Crippen LogP contribution in [0, 0.1) is 0 Å². The number of unbranched alkanes of at least 4 members (excludes halogenated alkanes) is 20. The molecule has 0 bridgehead atoms. The Hall–Kier alpha value is -0.860. The Morgan fingerprint density at radius 1 is 0.576 bits per heavy atom. The van der Waals surface area contributed by atoms with Crippen molar-refractivity contribution in [3.8, 4) is 0 Å². The second kappa shape index (κ2) is 27.4. The van der Waals surface area contributed by atoms with Gasteiger partial charge in [-0.3, -0.25) is 9.59 Å². The maximum absolute atomic E-state index is 12.1. The Balaban J connectivity index is 3.54. The van der Waals surface area contributed by atoms with Gasteiger partial charge >= 0.3 is 5.97 Å². The normalized spacial score (nSPS) is 12.1. The molecule has 0 aliphatic rings. The highest BCUT2D eigenvalue weighted by Crippen LogP contribution is 2.16. The van der Waals surface area contributed by atoms with Crippen LogP contribution in [-0.2, 0) is 14.3 Å². The summed E-state index contributed by atoms with van der Waals surface area (Å²) in [7, 11) is 0. The summed E-state index contributed by atoms with van der Waals surface area (Å²) >= 11 is 0. The van der Waals surface area contributed by atoms with Crippen molar-refractivity contribution in [3.63, 3.8) is 0 Å². The monoisotopic (exact) mass is 465 g/mol. The zero-order valence-corrected chi connectivity index (χ0v) is 22.5. The SMILES string of the molecule is CCCCCCCCCCCCCCCC(=O)O[C@@H](C[C]=O)CCCCCCCCCCC. The Kier molecular flexibility index (Phi) is 26.7. The Bertz CT molecular complexity index is 407. The topological polar surface area (TPSA) is 43.4 Å². The third kappa shape index (κ3) is 25.6. The number of ether oxygens (including phenoxy) is 1. The first-order chi connectivity index (χ1) is 16.2. The van der Waals surface area contributed by atoms with Crippen LogP contribution >= 0.6 is 0 Å². The van der Waals surface area contributed by atoms with E-state index in [-0.39, 0.29) is 18.5 Å². The van der Waals surface area contributed by atoms with Gasteiger partial charge in [0.1, 0.15) is 6.10 Å². The second-order valence-corrected chi connectivity index (χ2v) is 10.1. The molecule has 0 spiro atoms. The van der Waals surface area contributed by atoms with E-state index in [4.69, 9.17) is 4.74 Å². The molecule has 0 heterocycles. The summed E-state index contributed by atoms with van der Waals surface area (Å²) < 4.78 is 5.57. The molecule has 33 heavy (non-hydrogen) atoms. The summed E-state index contributed by atoms with van der Waals surface area (Å²) in [6, 6.07) is 0. The lowest BCUT2D eigenvalue weighted by Crippen LogP contribution is -2.18. The van der Waals surface area contributed by atoms with Crippen molar-refractivity contribution in [1.82, 2.24) is 0 Å². The molecule has 0 aliphatic heterocycles. The van der Waals surface area contributed by atoms with Crippen molar-refractivity contribution in [2.45, 2.75) is 180 Å². The summed E-state index contributed by atoms with van der Waals surface area (Å²) in [5, 5.41) is 0. The molecule has 1 radical (unpaired) electrons. The summed E-state index contributed by atoms with van der Waals surface area (Å²) in [6.45, 7) is 4.52. The molecule has 1 atom stereocenters. The van der Waals surface area contributed by atoms with E-state index in [0.29, 0.717) is 6.42 Å². The summed E-state index contributed by atoms with van der Waals surface area (Å²) in [4.78, 5) is 23.0. The average Bonchev–Trinajstić information content (AvgIpc) is 2.81. The van der Waals surface area contributed by atoms with Crippen LogP contribution in [0.1, 0.15) is 174 Å². The number of hydrogen-bond donors (Lipinski definition) is 0. The fraction of sp³-hybridized carbons (Fsp3) is 0.933. The first-order valence-electron chi connectivity index (χ1n) is 14.8. The largest absolute Gasteiger partial charge is 0.462 e. The summed E-state index contributed by atoms with van der Waals surface area (Å²) in [6.07, 6.45) is 31.6. The number of hydrogen-bond acceptors (Lipinski definition) is 3. The van der Waals surface area contributed by atoms with Crippen LogP contribution in [0.15, 0.2) is 0 Å². The predicted molar refractivity (Wildman–Crippen MR) is 142 cm³/mol. The molecule has 0 fully saturated rings. The quantitative estimate of drug-likeness (QED) is 0.0895. The van der Waals surface area contributed by atoms with Crippen LogP contribution in [0.5, 0.6) is 0 Å². The van der Waals surface area contributed by atoms with E-state index < -0.39 is 0 Å². The molecule has 0 aliphatic carbocycles. The molecule has 3 heteroatoms. The Morgan fingerprint density at radius 2 is 0.939 bits per heavy atom. The third-order valence-electron chi connectivity index (χ3n) is 6.72. The Labute approximate surface area is 207 Å². The molecule has 0 aromatic carbocycles. The minimum Gasteiger partial charge on any atom is -0.462 e.